The maximum Gasteiger partial charge on any atom is 0.221 e. The van der Waals surface area contributed by atoms with Crippen molar-refractivity contribution in [3.05, 3.63) is 11.9 Å². The van der Waals surface area contributed by atoms with Gasteiger partial charge in [-0.2, -0.15) is 0 Å². The average Bonchev–Trinajstić information content (AvgIpc) is 2.35. The molecule has 4 heteroatoms. The summed E-state index contributed by atoms with van der Waals surface area (Å²) in [5, 5.41) is 3.44. The van der Waals surface area contributed by atoms with Gasteiger partial charge in [-0.25, -0.2) is 9.97 Å². The van der Waals surface area contributed by atoms with Gasteiger partial charge in [0.25, 0.3) is 0 Å². The topological polar surface area (TPSA) is 47.0 Å². The van der Waals surface area contributed by atoms with E-state index in [4.69, 9.17) is 4.74 Å². The highest BCUT2D eigenvalue weighted by Crippen LogP contribution is 2.21. The molecule has 1 aromatic heterocycles. The summed E-state index contributed by atoms with van der Waals surface area (Å²) < 4.78 is 5.47. The molecule has 0 radical (unpaired) electrons. The van der Waals surface area contributed by atoms with Crippen molar-refractivity contribution in [2.45, 2.75) is 59.4 Å². The van der Waals surface area contributed by atoms with Crippen LogP contribution in [0.15, 0.2) is 6.33 Å². The second-order valence-electron chi connectivity index (χ2n) is 4.63. The molecule has 0 fully saturated rings. The molecule has 1 N–H and O–H groups in total. The largest absolute Gasteiger partial charge is 0.478 e. The van der Waals surface area contributed by atoms with Crippen LogP contribution in [0.4, 0.5) is 5.82 Å². The van der Waals surface area contributed by atoms with Gasteiger partial charge in [0.15, 0.2) is 0 Å². The van der Waals surface area contributed by atoms with Gasteiger partial charge in [-0.1, -0.05) is 26.2 Å². The normalized spacial score (nSPS) is 12.2. The molecule has 102 valence electrons. The van der Waals surface area contributed by atoms with E-state index in [0.29, 0.717) is 18.5 Å². The van der Waals surface area contributed by atoms with Crippen LogP contribution >= 0.6 is 0 Å². The van der Waals surface area contributed by atoms with Gasteiger partial charge in [0, 0.05) is 6.04 Å². The third-order valence-corrected chi connectivity index (χ3v) is 2.94. The number of aromatic nitrogens is 2. The molecule has 0 bridgehead atoms. The lowest BCUT2D eigenvalue weighted by molar-refractivity contribution is 0.324. The lowest BCUT2D eigenvalue weighted by Crippen LogP contribution is -2.17. The summed E-state index contributed by atoms with van der Waals surface area (Å²) in [6.45, 7) is 9.00. The van der Waals surface area contributed by atoms with Gasteiger partial charge >= 0.3 is 0 Å². The van der Waals surface area contributed by atoms with Crippen LogP contribution in [0.1, 0.15) is 52.0 Å². The molecule has 1 rings (SSSR count). The van der Waals surface area contributed by atoms with Crippen LogP contribution < -0.4 is 10.1 Å². The zero-order valence-corrected chi connectivity index (χ0v) is 12.0. The van der Waals surface area contributed by atoms with Crippen molar-refractivity contribution in [1.82, 2.24) is 9.97 Å². The molecule has 0 aromatic carbocycles. The molecule has 1 unspecified atom stereocenters. The van der Waals surface area contributed by atoms with E-state index in [1.54, 1.807) is 6.33 Å². The van der Waals surface area contributed by atoms with Crippen LogP contribution in [-0.2, 0) is 0 Å². The van der Waals surface area contributed by atoms with Crippen LogP contribution in [0.25, 0.3) is 0 Å². The van der Waals surface area contributed by atoms with Crippen molar-refractivity contribution < 1.29 is 4.74 Å². The van der Waals surface area contributed by atoms with E-state index in [2.05, 4.69) is 29.1 Å². The number of nitrogens with one attached hydrogen (secondary N) is 1. The Morgan fingerprint density at radius 2 is 2.06 bits per heavy atom. The summed E-state index contributed by atoms with van der Waals surface area (Å²) in [4.78, 5) is 8.43. The van der Waals surface area contributed by atoms with Crippen molar-refractivity contribution >= 4 is 5.82 Å². The maximum atomic E-state index is 5.47. The van der Waals surface area contributed by atoms with Crippen LogP contribution in [0.3, 0.4) is 0 Å². The zero-order chi connectivity index (χ0) is 13.4. The predicted molar refractivity (Wildman–Crippen MR) is 75.2 cm³/mol. The molecule has 1 aromatic rings. The fraction of sp³-hybridized carbons (Fsp3) is 0.714. The van der Waals surface area contributed by atoms with Crippen molar-refractivity contribution in [3.8, 4) is 5.88 Å². The SMILES string of the molecule is CCCCCC(C)Nc1ncnc(OCC)c1C. The first-order valence-electron chi connectivity index (χ1n) is 6.89. The van der Waals surface area contributed by atoms with Crippen molar-refractivity contribution in [3.63, 3.8) is 0 Å². The lowest BCUT2D eigenvalue weighted by atomic mass is 10.1. The molecular weight excluding hydrogens is 226 g/mol. The van der Waals surface area contributed by atoms with E-state index >= 15 is 0 Å². The molecule has 1 heterocycles. The summed E-state index contributed by atoms with van der Waals surface area (Å²) in [7, 11) is 0. The van der Waals surface area contributed by atoms with E-state index in [9.17, 15) is 0 Å². The summed E-state index contributed by atoms with van der Waals surface area (Å²) in [5.41, 5.74) is 0.988. The monoisotopic (exact) mass is 251 g/mol. The average molecular weight is 251 g/mol. The predicted octanol–water partition coefficient (Wildman–Crippen LogP) is 3.56. The summed E-state index contributed by atoms with van der Waals surface area (Å²) >= 11 is 0. The third kappa shape index (κ3) is 4.51. The number of ether oxygens (including phenoxy) is 1. The highest BCUT2D eigenvalue weighted by atomic mass is 16.5. The maximum absolute atomic E-state index is 5.47. The first-order chi connectivity index (χ1) is 8.69. The fourth-order valence-corrected chi connectivity index (χ4v) is 1.87. The smallest absolute Gasteiger partial charge is 0.221 e. The van der Waals surface area contributed by atoms with E-state index in [1.165, 1.54) is 25.7 Å². The van der Waals surface area contributed by atoms with Crippen molar-refractivity contribution in [1.29, 1.82) is 0 Å². The highest BCUT2D eigenvalue weighted by molar-refractivity contribution is 5.48. The van der Waals surface area contributed by atoms with Gasteiger partial charge in [0.1, 0.15) is 12.1 Å². The summed E-state index contributed by atoms with van der Waals surface area (Å²) in [6, 6.07) is 0.430. The number of hydrogen-bond donors (Lipinski definition) is 1. The third-order valence-electron chi connectivity index (χ3n) is 2.94. The first-order valence-corrected chi connectivity index (χ1v) is 6.89. The first kappa shape index (κ1) is 14.7. The quantitative estimate of drug-likeness (QED) is 0.718. The van der Waals surface area contributed by atoms with E-state index < -0.39 is 0 Å². The fourth-order valence-electron chi connectivity index (χ4n) is 1.87. The molecular formula is C14H25N3O. The number of nitrogens with zero attached hydrogens (tertiary/aromatic N) is 2. The second kappa shape index (κ2) is 7.90. The number of hydrogen-bond acceptors (Lipinski definition) is 4. The standard InChI is InChI=1S/C14H25N3O/c1-5-7-8-9-11(3)17-13-12(4)14(18-6-2)16-10-15-13/h10-11H,5-9H2,1-4H3,(H,15,16,17). The molecule has 0 aliphatic carbocycles. The van der Waals surface area contributed by atoms with Crippen LogP contribution in [0, 0.1) is 6.92 Å². The zero-order valence-electron chi connectivity index (χ0n) is 12.0. The molecule has 18 heavy (non-hydrogen) atoms. The van der Waals surface area contributed by atoms with E-state index in [1.807, 2.05) is 13.8 Å². The number of unbranched alkanes of at least 4 members (excludes halogenated alkanes) is 2. The van der Waals surface area contributed by atoms with Crippen LogP contribution in [0.5, 0.6) is 5.88 Å². The minimum absolute atomic E-state index is 0.430. The molecule has 0 saturated carbocycles. The van der Waals surface area contributed by atoms with Crippen molar-refractivity contribution in [2.75, 3.05) is 11.9 Å². The highest BCUT2D eigenvalue weighted by Gasteiger charge is 2.10. The number of anilines is 1. The van der Waals surface area contributed by atoms with Crippen LogP contribution in [0.2, 0.25) is 0 Å². The molecule has 0 amide bonds. The van der Waals surface area contributed by atoms with Gasteiger partial charge in [-0.15, -0.1) is 0 Å². The van der Waals surface area contributed by atoms with E-state index in [0.717, 1.165) is 11.4 Å². The molecule has 1 atom stereocenters. The lowest BCUT2D eigenvalue weighted by Gasteiger charge is -2.16. The molecule has 4 nitrogen and oxygen atoms in total. The van der Waals surface area contributed by atoms with E-state index in [-0.39, 0.29) is 0 Å². The molecule has 0 aliphatic rings. The second-order valence-corrected chi connectivity index (χ2v) is 4.63. The summed E-state index contributed by atoms with van der Waals surface area (Å²) in [6.07, 6.45) is 6.53. The van der Waals surface area contributed by atoms with Gasteiger partial charge < -0.3 is 10.1 Å². The molecule has 0 saturated heterocycles. The molecule has 0 spiro atoms. The Morgan fingerprint density at radius 1 is 1.28 bits per heavy atom. The van der Waals surface area contributed by atoms with Gasteiger partial charge in [-0.05, 0) is 27.2 Å². The minimum atomic E-state index is 0.430. The van der Waals surface area contributed by atoms with Gasteiger partial charge in [0.2, 0.25) is 5.88 Å². The molecule has 0 aliphatic heterocycles. The van der Waals surface area contributed by atoms with Crippen molar-refractivity contribution in [2.24, 2.45) is 0 Å². The Bertz CT molecular complexity index is 355. The number of rotatable bonds is 8. The van der Waals surface area contributed by atoms with Gasteiger partial charge in [-0.3, -0.25) is 0 Å². The Balaban J connectivity index is 2.58. The summed E-state index contributed by atoms with van der Waals surface area (Å²) in [5.74, 6) is 1.56. The van der Waals surface area contributed by atoms with Crippen LogP contribution in [-0.4, -0.2) is 22.6 Å². The van der Waals surface area contributed by atoms with Gasteiger partial charge in [0.05, 0.1) is 12.2 Å². The minimum Gasteiger partial charge on any atom is -0.478 e. The Hall–Kier alpha value is -1.32. The Kier molecular flexibility index (Phi) is 6.47. The Labute approximate surface area is 110 Å². The Morgan fingerprint density at radius 3 is 2.72 bits per heavy atom.